The topological polar surface area (TPSA) is 228 Å². The molecule has 0 aromatic rings. The Bertz CT molecular complexity index is 1560. The molecule has 0 saturated carbocycles. The van der Waals surface area contributed by atoms with E-state index in [-0.39, 0.29) is 18.9 Å². The van der Waals surface area contributed by atoms with Crippen molar-refractivity contribution in [2.45, 2.75) is 267 Å². The second-order valence-electron chi connectivity index (χ2n) is 20.0. The van der Waals surface area contributed by atoms with Gasteiger partial charge in [-0.25, -0.2) is 0 Å². The molecule has 74 heavy (non-hydrogen) atoms. The zero-order valence-corrected chi connectivity index (χ0v) is 45.6. The van der Waals surface area contributed by atoms with E-state index in [1.165, 1.54) is 83.5 Å². The molecule has 0 radical (unpaired) electrons. The van der Waals surface area contributed by atoms with Gasteiger partial charge in [-0.3, -0.25) is 4.79 Å². The molecule has 9 N–H and O–H groups in total. The molecule has 2 aliphatic heterocycles. The summed E-state index contributed by atoms with van der Waals surface area (Å²) in [5.41, 5.74) is 0. The highest BCUT2D eigenvalue weighted by Crippen LogP contribution is 2.30. The van der Waals surface area contributed by atoms with E-state index in [9.17, 15) is 45.6 Å². The Kier molecular flexibility index (Phi) is 41.1. The van der Waals surface area contributed by atoms with Crippen molar-refractivity contribution in [3.8, 4) is 0 Å². The summed E-state index contributed by atoms with van der Waals surface area (Å²) in [6.45, 7) is 2.63. The largest absolute Gasteiger partial charge is 0.394 e. The summed E-state index contributed by atoms with van der Waals surface area (Å²) in [6.07, 6.45) is 43.3. The summed E-state index contributed by atoms with van der Waals surface area (Å²) in [5.74, 6) is -0.260. The number of ether oxygens (including phenoxy) is 4. The number of hydrogen-bond donors (Lipinski definition) is 9. The molecule has 0 aliphatic carbocycles. The van der Waals surface area contributed by atoms with Crippen LogP contribution in [-0.4, -0.2) is 140 Å². The first kappa shape index (κ1) is 67.3. The molecule has 2 rings (SSSR count). The summed E-state index contributed by atoms with van der Waals surface area (Å²) in [4.78, 5) is 13.2. The predicted octanol–water partition coefficient (Wildman–Crippen LogP) is 9.33. The van der Waals surface area contributed by atoms with E-state index >= 15 is 0 Å². The Morgan fingerprint density at radius 2 is 0.946 bits per heavy atom. The first-order valence-corrected chi connectivity index (χ1v) is 28.8. The maximum absolute atomic E-state index is 13.2. The number of nitrogens with one attached hydrogen (secondary N) is 1. The van der Waals surface area contributed by atoms with Gasteiger partial charge in [-0.1, -0.05) is 189 Å². The first-order chi connectivity index (χ1) is 36.1. The van der Waals surface area contributed by atoms with Gasteiger partial charge in [0.25, 0.3) is 0 Å². The van der Waals surface area contributed by atoms with Crippen molar-refractivity contribution in [3.63, 3.8) is 0 Å². The molecule has 12 unspecified atom stereocenters. The first-order valence-electron chi connectivity index (χ1n) is 28.8. The van der Waals surface area contributed by atoms with Gasteiger partial charge in [-0.15, -0.1) is 0 Å². The normalized spacial score (nSPS) is 25.9. The maximum Gasteiger partial charge on any atom is 0.220 e. The number of aliphatic hydroxyl groups excluding tert-OH is 8. The van der Waals surface area contributed by atoms with Gasteiger partial charge in [0.15, 0.2) is 12.6 Å². The number of aliphatic hydroxyl groups is 8. The Morgan fingerprint density at radius 1 is 0.500 bits per heavy atom. The summed E-state index contributed by atoms with van der Waals surface area (Å²) >= 11 is 0. The Hall–Kier alpha value is -2.83. The standard InChI is InChI=1S/C60H103NO13/c1-3-5-7-9-11-13-15-17-19-20-21-22-23-24-25-26-27-28-30-32-34-36-38-40-42-44-52(65)61-48(49(64)43-41-39-37-35-33-31-29-18-16-14-12-10-8-6-4-2)47-71-59-57(70)55(68)58(51(46-63)73-59)74-60-56(69)54(67)53(66)50(45-62)72-60/h5,7,11,13,16-19,21-22,33,35,41,43,48-51,53-60,62-64,66-70H,3-4,6,8-10,12,14-15,20,23-32,34,36-40,42,44-47H2,1-2H3,(H,61,65)/b7-5-,13-11-,18-16+,19-17-,22-21-,35-33+,43-41+. The van der Waals surface area contributed by atoms with Crippen molar-refractivity contribution in [2.24, 2.45) is 0 Å². The van der Waals surface area contributed by atoms with Gasteiger partial charge < -0.3 is 65.1 Å². The fourth-order valence-electron chi connectivity index (χ4n) is 8.90. The molecule has 12 atom stereocenters. The van der Waals surface area contributed by atoms with Crippen molar-refractivity contribution in [2.75, 3.05) is 19.8 Å². The molecule has 2 heterocycles. The van der Waals surface area contributed by atoms with Crippen LogP contribution in [0.2, 0.25) is 0 Å². The molecule has 2 saturated heterocycles. The number of carbonyl (C=O) groups is 1. The third kappa shape index (κ3) is 30.8. The number of allylic oxidation sites excluding steroid dienone is 13. The monoisotopic (exact) mass is 1050 g/mol. The van der Waals surface area contributed by atoms with Gasteiger partial charge in [0.1, 0.15) is 48.8 Å². The van der Waals surface area contributed by atoms with E-state index in [0.717, 1.165) is 77.0 Å². The smallest absolute Gasteiger partial charge is 0.220 e. The molecule has 2 aliphatic rings. The van der Waals surface area contributed by atoms with Gasteiger partial charge >= 0.3 is 0 Å². The highest BCUT2D eigenvalue weighted by Gasteiger charge is 2.51. The molecule has 0 aromatic carbocycles. The summed E-state index contributed by atoms with van der Waals surface area (Å²) in [5, 5.41) is 87.0. The third-order valence-electron chi connectivity index (χ3n) is 13.5. The van der Waals surface area contributed by atoms with E-state index in [2.05, 4.69) is 92.1 Å². The number of rotatable bonds is 44. The fourth-order valence-corrected chi connectivity index (χ4v) is 8.90. The highest BCUT2D eigenvalue weighted by atomic mass is 16.7. The lowest BCUT2D eigenvalue weighted by molar-refractivity contribution is -0.359. The van der Waals surface area contributed by atoms with Crippen molar-refractivity contribution >= 4 is 5.91 Å². The van der Waals surface area contributed by atoms with Crippen LogP contribution in [0.4, 0.5) is 0 Å². The van der Waals surface area contributed by atoms with E-state index in [1.54, 1.807) is 6.08 Å². The zero-order valence-electron chi connectivity index (χ0n) is 45.6. The lowest BCUT2D eigenvalue weighted by Crippen LogP contribution is -2.65. The zero-order chi connectivity index (χ0) is 53.9. The molecule has 426 valence electrons. The molecular formula is C60H103NO13. The van der Waals surface area contributed by atoms with Crippen molar-refractivity contribution < 1.29 is 64.6 Å². The van der Waals surface area contributed by atoms with Crippen molar-refractivity contribution in [1.82, 2.24) is 5.32 Å². The molecule has 14 heteroatoms. The predicted molar refractivity (Wildman–Crippen MR) is 295 cm³/mol. The fraction of sp³-hybridized carbons (Fsp3) is 0.750. The van der Waals surface area contributed by atoms with E-state index in [0.29, 0.717) is 12.8 Å². The van der Waals surface area contributed by atoms with Gasteiger partial charge in [0.05, 0.1) is 32.0 Å². The number of amides is 1. The van der Waals surface area contributed by atoms with Crippen molar-refractivity contribution in [3.05, 3.63) is 85.1 Å². The minimum absolute atomic E-state index is 0.260. The van der Waals surface area contributed by atoms with Crippen LogP contribution in [0.15, 0.2) is 85.1 Å². The SMILES string of the molecule is CC/C=C\C/C=C\C/C=C\C/C=C\CCCCCCCCCCCCCCC(=O)NC(COC1OC(CO)C(OC2OC(CO)C(O)C(O)C2O)C(O)C1O)C(O)/C=C/CC/C=C/CC/C=C/CCCCCCC. The van der Waals surface area contributed by atoms with Crippen LogP contribution in [0.5, 0.6) is 0 Å². The molecule has 2 fully saturated rings. The highest BCUT2D eigenvalue weighted by molar-refractivity contribution is 5.76. The van der Waals surface area contributed by atoms with Gasteiger partial charge in [0.2, 0.25) is 5.91 Å². The Labute approximate surface area is 446 Å². The van der Waals surface area contributed by atoms with Gasteiger partial charge in [0, 0.05) is 6.42 Å². The second kappa shape index (κ2) is 45.2. The molecule has 14 nitrogen and oxygen atoms in total. The van der Waals surface area contributed by atoms with Crippen LogP contribution < -0.4 is 5.32 Å². The number of unbranched alkanes of at least 4 members (excludes halogenated alkanes) is 19. The molecule has 0 spiro atoms. The average Bonchev–Trinajstić information content (AvgIpc) is 3.40. The van der Waals surface area contributed by atoms with Crippen LogP contribution >= 0.6 is 0 Å². The minimum Gasteiger partial charge on any atom is -0.394 e. The van der Waals surface area contributed by atoms with Crippen molar-refractivity contribution in [1.29, 1.82) is 0 Å². The average molecular weight is 1050 g/mol. The van der Waals surface area contributed by atoms with E-state index in [1.807, 2.05) is 6.08 Å². The van der Waals surface area contributed by atoms with E-state index in [4.69, 9.17) is 18.9 Å². The molecular weight excluding hydrogens is 943 g/mol. The van der Waals surface area contributed by atoms with Crippen LogP contribution in [0.25, 0.3) is 0 Å². The molecule has 0 aromatic heterocycles. The van der Waals surface area contributed by atoms with Gasteiger partial charge in [-0.2, -0.15) is 0 Å². The quantitative estimate of drug-likeness (QED) is 0.0205. The lowest BCUT2D eigenvalue weighted by atomic mass is 9.97. The lowest BCUT2D eigenvalue weighted by Gasteiger charge is -2.46. The Morgan fingerprint density at radius 3 is 1.49 bits per heavy atom. The molecule has 0 bridgehead atoms. The minimum atomic E-state index is -1.80. The number of hydrogen-bond acceptors (Lipinski definition) is 13. The van der Waals surface area contributed by atoms with Crippen LogP contribution in [0.3, 0.4) is 0 Å². The third-order valence-corrected chi connectivity index (χ3v) is 13.5. The van der Waals surface area contributed by atoms with Crippen LogP contribution in [-0.2, 0) is 23.7 Å². The second-order valence-corrected chi connectivity index (χ2v) is 20.0. The maximum atomic E-state index is 13.2. The Balaban J connectivity index is 1.77. The summed E-state index contributed by atoms with van der Waals surface area (Å²) < 4.78 is 22.7. The summed E-state index contributed by atoms with van der Waals surface area (Å²) in [7, 11) is 0. The molecule has 1 amide bonds. The van der Waals surface area contributed by atoms with Gasteiger partial charge in [-0.05, 0) is 83.5 Å². The summed E-state index contributed by atoms with van der Waals surface area (Å²) in [6, 6.07) is -0.943. The van der Waals surface area contributed by atoms with Crippen LogP contribution in [0.1, 0.15) is 194 Å². The number of carbonyl (C=O) groups excluding carboxylic acids is 1. The van der Waals surface area contributed by atoms with E-state index < -0.39 is 86.8 Å². The van der Waals surface area contributed by atoms with Crippen LogP contribution in [0, 0.1) is 0 Å².